The molecule has 0 saturated carbocycles. The third-order valence-corrected chi connectivity index (χ3v) is 3.87. The Bertz CT molecular complexity index is 779. The molecule has 2 aromatic carbocycles. The molecule has 0 heterocycles. The third-order valence-electron chi connectivity index (χ3n) is 3.54. The van der Waals surface area contributed by atoms with E-state index >= 15 is 0 Å². The minimum atomic E-state index is -4.60. The second-order valence-corrected chi connectivity index (χ2v) is 5.72. The summed E-state index contributed by atoms with van der Waals surface area (Å²) in [5, 5.41) is 4.28. The van der Waals surface area contributed by atoms with Crippen molar-refractivity contribution in [1.29, 1.82) is 0 Å². The van der Waals surface area contributed by atoms with E-state index < -0.39 is 22.8 Å². The Morgan fingerprint density at radius 1 is 1.20 bits per heavy atom. The first kappa shape index (κ1) is 18.9. The number of benzene rings is 2. The van der Waals surface area contributed by atoms with Crippen LogP contribution >= 0.6 is 11.6 Å². The lowest BCUT2D eigenvalue weighted by Crippen LogP contribution is -2.32. The summed E-state index contributed by atoms with van der Waals surface area (Å²) in [6, 6.07) is 7.95. The number of anilines is 1. The highest BCUT2D eigenvalue weighted by Crippen LogP contribution is 2.36. The number of aryl methyl sites for hydroxylation is 1. The van der Waals surface area contributed by atoms with Crippen molar-refractivity contribution in [3.05, 3.63) is 58.1 Å². The van der Waals surface area contributed by atoms with E-state index in [0.29, 0.717) is 5.75 Å². The van der Waals surface area contributed by atoms with Gasteiger partial charge in [0, 0.05) is 5.69 Å². The van der Waals surface area contributed by atoms with Gasteiger partial charge in [-0.25, -0.2) is 4.79 Å². The Hall–Kier alpha value is -2.41. The first-order chi connectivity index (χ1) is 11.7. The van der Waals surface area contributed by atoms with Gasteiger partial charge in [0.05, 0.1) is 10.6 Å². The van der Waals surface area contributed by atoms with Gasteiger partial charge < -0.3 is 15.4 Å². The molecule has 0 aliphatic rings. The van der Waals surface area contributed by atoms with Crippen LogP contribution in [0, 0.1) is 13.8 Å². The van der Waals surface area contributed by atoms with Gasteiger partial charge in [-0.2, -0.15) is 13.2 Å². The van der Waals surface area contributed by atoms with Crippen LogP contribution in [0.15, 0.2) is 36.4 Å². The van der Waals surface area contributed by atoms with Gasteiger partial charge in [-0.3, -0.25) is 0 Å². The minimum absolute atomic E-state index is 0.0269. The molecule has 134 valence electrons. The number of hydrogen-bond acceptors (Lipinski definition) is 2. The molecule has 2 amide bonds. The molecule has 0 spiro atoms. The van der Waals surface area contributed by atoms with Gasteiger partial charge in [-0.05, 0) is 49.2 Å². The van der Waals surface area contributed by atoms with E-state index in [9.17, 15) is 18.0 Å². The fourth-order valence-electron chi connectivity index (χ4n) is 2.06. The Labute approximate surface area is 147 Å². The van der Waals surface area contributed by atoms with Gasteiger partial charge in [0.1, 0.15) is 5.75 Å². The van der Waals surface area contributed by atoms with E-state index in [1.165, 1.54) is 6.07 Å². The van der Waals surface area contributed by atoms with Gasteiger partial charge >= 0.3 is 12.2 Å². The minimum Gasteiger partial charge on any atom is -0.473 e. The van der Waals surface area contributed by atoms with Crippen LogP contribution in [-0.2, 0) is 6.18 Å². The van der Waals surface area contributed by atoms with Gasteiger partial charge in [0.15, 0.2) is 6.73 Å². The highest BCUT2D eigenvalue weighted by atomic mass is 35.5. The SMILES string of the molecule is Cc1cccc(OCNC(=O)Nc2ccc(Cl)c(C(F)(F)F)c2)c1C. The maximum Gasteiger partial charge on any atom is 0.417 e. The molecular weight excluding hydrogens is 357 g/mol. The van der Waals surface area contributed by atoms with Gasteiger partial charge in [0.25, 0.3) is 0 Å². The summed E-state index contributed by atoms with van der Waals surface area (Å²) in [5.74, 6) is 0.617. The van der Waals surface area contributed by atoms with Crippen molar-refractivity contribution >= 4 is 23.3 Å². The summed E-state index contributed by atoms with van der Waals surface area (Å²) in [5.41, 5.74) is 0.944. The van der Waals surface area contributed by atoms with Crippen LogP contribution in [0.4, 0.5) is 23.7 Å². The first-order valence-electron chi connectivity index (χ1n) is 7.29. The highest BCUT2D eigenvalue weighted by Gasteiger charge is 2.33. The van der Waals surface area contributed by atoms with Crippen molar-refractivity contribution in [3.8, 4) is 5.75 Å². The Balaban J connectivity index is 1.94. The fraction of sp³-hybridized carbons (Fsp3) is 0.235. The van der Waals surface area contributed by atoms with Gasteiger partial charge in [0.2, 0.25) is 0 Å². The second kappa shape index (κ2) is 7.65. The van der Waals surface area contributed by atoms with Crippen molar-refractivity contribution < 1.29 is 22.7 Å². The number of rotatable bonds is 4. The molecule has 25 heavy (non-hydrogen) atoms. The van der Waals surface area contributed by atoms with Crippen LogP contribution in [0.5, 0.6) is 5.75 Å². The molecule has 0 bridgehead atoms. The Morgan fingerprint density at radius 3 is 2.60 bits per heavy atom. The summed E-state index contributed by atoms with van der Waals surface area (Å²) in [7, 11) is 0. The predicted octanol–water partition coefficient (Wildman–Crippen LogP) is 5.13. The van der Waals surface area contributed by atoms with Crippen molar-refractivity contribution in [2.24, 2.45) is 0 Å². The van der Waals surface area contributed by atoms with Gasteiger partial charge in [-0.1, -0.05) is 23.7 Å². The van der Waals surface area contributed by atoms with E-state index in [0.717, 1.165) is 23.3 Å². The number of amides is 2. The molecule has 0 saturated heterocycles. The number of carbonyl (C=O) groups excluding carboxylic acids is 1. The van der Waals surface area contributed by atoms with Crippen LogP contribution < -0.4 is 15.4 Å². The standard InChI is InChI=1S/C17H16ClF3N2O2/c1-10-4-3-5-15(11(10)2)25-9-22-16(24)23-12-6-7-14(18)13(8-12)17(19,20)21/h3-8H,9H2,1-2H3,(H2,22,23,24). The topological polar surface area (TPSA) is 50.4 Å². The number of halogens is 4. The number of ether oxygens (including phenoxy) is 1. The molecule has 0 aromatic heterocycles. The molecule has 0 aliphatic heterocycles. The molecule has 0 fully saturated rings. The average molecular weight is 373 g/mol. The fourth-order valence-corrected chi connectivity index (χ4v) is 2.28. The summed E-state index contributed by atoms with van der Waals surface area (Å²) in [4.78, 5) is 11.8. The van der Waals surface area contributed by atoms with Crippen molar-refractivity contribution in [3.63, 3.8) is 0 Å². The predicted molar refractivity (Wildman–Crippen MR) is 90.0 cm³/mol. The number of hydrogen-bond donors (Lipinski definition) is 2. The number of nitrogens with one attached hydrogen (secondary N) is 2. The van der Waals surface area contributed by atoms with E-state index in [1.54, 1.807) is 6.07 Å². The Kier molecular flexibility index (Phi) is 5.79. The van der Waals surface area contributed by atoms with Crippen LogP contribution in [0.1, 0.15) is 16.7 Å². The molecule has 0 unspecified atom stereocenters. The third kappa shape index (κ3) is 5.03. The summed E-state index contributed by atoms with van der Waals surface area (Å²) in [6.45, 7) is 3.69. The maximum absolute atomic E-state index is 12.8. The van der Waals surface area contributed by atoms with Crippen molar-refractivity contribution in [1.82, 2.24) is 5.32 Å². The van der Waals surface area contributed by atoms with Gasteiger partial charge in [-0.15, -0.1) is 0 Å². The van der Waals surface area contributed by atoms with E-state index in [-0.39, 0.29) is 12.4 Å². The summed E-state index contributed by atoms with van der Waals surface area (Å²) in [6.07, 6.45) is -4.60. The molecule has 0 radical (unpaired) electrons. The zero-order chi connectivity index (χ0) is 18.6. The normalized spacial score (nSPS) is 11.1. The Morgan fingerprint density at radius 2 is 1.92 bits per heavy atom. The van der Waals surface area contributed by atoms with E-state index in [2.05, 4.69) is 10.6 Å². The van der Waals surface area contributed by atoms with Crippen molar-refractivity contribution in [2.75, 3.05) is 12.0 Å². The molecular formula is C17H16ClF3N2O2. The molecule has 0 aliphatic carbocycles. The molecule has 2 aromatic rings. The van der Waals surface area contributed by atoms with E-state index in [4.69, 9.17) is 16.3 Å². The second-order valence-electron chi connectivity index (χ2n) is 5.31. The molecule has 8 heteroatoms. The number of carbonyl (C=O) groups is 1. The number of alkyl halides is 3. The highest BCUT2D eigenvalue weighted by molar-refractivity contribution is 6.31. The largest absolute Gasteiger partial charge is 0.473 e. The lowest BCUT2D eigenvalue weighted by atomic mass is 10.1. The lowest BCUT2D eigenvalue weighted by molar-refractivity contribution is -0.137. The van der Waals surface area contributed by atoms with Crippen molar-refractivity contribution in [2.45, 2.75) is 20.0 Å². The quantitative estimate of drug-likeness (QED) is 0.731. The number of urea groups is 1. The average Bonchev–Trinajstić information content (AvgIpc) is 2.52. The molecule has 2 N–H and O–H groups in total. The zero-order valence-corrected chi connectivity index (χ0v) is 14.3. The molecule has 2 rings (SSSR count). The molecule has 4 nitrogen and oxygen atoms in total. The van der Waals surface area contributed by atoms with Crippen LogP contribution in [0.25, 0.3) is 0 Å². The summed E-state index contributed by atoms with van der Waals surface area (Å²) < 4.78 is 43.8. The van der Waals surface area contributed by atoms with E-state index in [1.807, 2.05) is 26.0 Å². The smallest absolute Gasteiger partial charge is 0.417 e. The van der Waals surface area contributed by atoms with Crippen LogP contribution in [0.2, 0.25) is 5.02 Å². The maximum atomic E-state index is 12.8. The molecule has 0 atom stereocenters. The first-order valence-corrected chi connectivity index (χ1v) is 7.67. The monoisotopic (exact) mass is 372 g/mol. The lowest BCUT2D eigenvalue weighted by Gasteiger charge is -2.13. The summed E-state index contributed by atoms with van der Waals surface area (Å²) >= 11 is 5.53. The van der Waals surface area contributed by atoms with Crippen LogP contribution in [-0.4, -0.2) is 12.8 Å². The van der Waals surface area contributed by atoms with Crippen LogP contribution in [0.3, 0.4) is 0 Å². The zero-order valence-electron chi connectivity index (χ0n) is 13.5.